The molecule has 0 aliphatic heterocycles. The fourth-order valence-corrected chi connectivity index (χ4v) is 1.41. The average molecular weight is 205 g/mol. The molecule has 0 aliphatic carbocycles. The molecule has 2 N–H and O–H groups in total. The van der Waals surface area contributed by atoms with Crippen LogP contribution in [-0.4, -0.2) is 25.4 Å². The third kappa shape index (κ3) is 1.43. The summed E-state index contributed by atoms with van der Waals surface area (Å²) < 4.78 is 1.86. The second-order valence-corrected chi connectivity index (χ2v) is 3.50. The SMILES string of the molecule is CC(C)n1cnc2c(C(N)=O)ncnc21. The van der Waals surface area contributed by atoms with Gasteiger partial charge in [-0.25, -0.2) is 15.0 Å². The molecule has 0 unspecified atom stereocenters. The molecule has 2 aromatic rings. The Bertz CT molecular complexity index is 516. The van der Waals surface area contributed by atoms with Crippen molar-refractivity contribution in [1.82, 2.24) is 19.5 Å². The van der Waals surface area contributed by atoms with E-state index < -0.39 is 5.91 Å². The van der Waals surface area contributed by atoms with Gasteiger partial charge < -0.3 is 10.3 Å². The van der Waals surface area contributed by atoms with Crippen LogP contribution in [0.25, 0.3) is 11.2 Å². The van der Waals surface area contributed by atoms with Crippen molar-refractivity contribution in [3.8, 4) is 0 Å². The van der Waals surface area contributed by atoms with Gasteiger partial charge in [0.15, 0.2) is 11.3 Å². The normalized spacial score (nSPS) is 11.1. The van der Waals surface area contributed by atoms with E-state index in [9.17, 15) is 4.79 Å². The number of nitrogens with zero attached hydrogens (tertiary/aromatic N) is 4. The second kappa shape index (κ2) is 3.30. The first kappa shape index (κ1) is 9.57. The number of carbonyl (C=O) groups excluding carboxylic acids is 1. The maximum Gasteiger partial charge on any atom is 0.269 e. The minimum absolute atomic E-state index is 0.166. The molecule has 0 bridgehead atoms. The lowest BCUT2D eigenvalue weighted by Crippen LogP contribution is -2.14. The van der Waals surface area contributed by atoms with E-state index in [-0.39, 0.29) is 11.7 Å². The third-order valence-electron chi connectivity index (χ3n) is 2.15. The summed E-state index contributed by atoms with van der Waals surface area (Å²) in [6.07, 6.45) is 2.96. The highest BCUT2D eigenvalue weighted by atomic mass is 16.1. The number of imidazole rings is 1. The summed E-state index contributed by atoms with van der Waals surface area (Å²) in [5.41, 5.74) is 6.44. The molecule has 15 heavy (non-hydrogen) atoms. The van der Waals surface area contributed by atoms with E-state index in [1.807, 2.05) is 18.4 Å². The Hall–Kier alpha value is -1.98. The zero-order valence-corrected chi connectivity index (χ0v) is 8.51. The van der Waals surface area contributed by atoms with E-state index in [1.165, 1.54) is 6.33 Å². The summed E-state index contributed by atoms with van der Waals surface area (Å²) in [5.74, 6) is -0.587. The molecule has 6 heteroatoms. The molecule has 0 radical (unpaired) electrons. The van der Waals surface area contributed by atoms with Crippen LogP contribution < -0.4 is 5.73 Å². The topological polar surface area (TPSA) is 86.7 Å². The molecule has 0 saturated heterocycles. The van der Waals surface area contributed by atoms with Crippen molar-refractivity contribution in [2.24, 2.45) is 5.73 Å². The Morgan fingerprint density at radius 2 is 2.13 bits per heavy atom. The first-order chi connectivity index (χ1) is 7.11. The van der Waals surface area contributed by atoms with Gasteiger partial charge in [0, 0.05) is 6.04 Å². The second-order valence-electron chi connectivity index (χ2n) is 3.50. The minimum atomic E-state index is -0.587. The Kier molecular flexibility index (Phi) is 2.11. The highest BCUT2D eigenvalue weighted by molar-refractivity contribution is 6.01. The minimum Gasteiger partial charge on any atom is -0.364 e. The van der Waals surface area contributed by atoms with E-state index in [0.29, 0.717) is 11.2 Å². The van der Waals surface area contributed by atoms with Crippen LogP contribution in [0.3, 0.4) is 0 Å². The van der Waals surface area contributed by atoms with Crippen molar-refractivity contribution in [2.45, 2.75) is 19.9 Å². The monoisotopic (exact) mass is 205 g/mol. The number of primary amides is 1. The van der Waals surface area contributed by atoms with Crippen molar-refractivity contribution in [1.29, 1.82) is 0 Å². The summed E-state index contributed by atoms with van der Waals surface area (Å²) in [6, 6.07) is 0.227. The van der Waals surface area contributed by atoms with E-state index in [0.717, 1.165) is 0 Å². The summed E-state index contributed by atoms with van der Waals surface area (Å²) in [5, 5.41) is 0. The van der Waals surface area contributed by atoms with Crippen LogP contribution in [0.1, 0.15) is 30.4 Å². The zero-order chi connectivity index (χ0) is 11.0. The molecular weight excluding hydrogens is 194 g/mol. The molecule has 6 nitrogen and oxygen atoms in total. The molecule has 0 saturated carbocycles. The third-order valence-corrected chi connectivity index (χ3v) is 2.15. The number of carbonyl (C=O) groups is 1. The lowest BCUT2D eigenvalue weighted by molar-refractivity contribution is 0.0997. The zero-order valence-electron chi connectivity index (χ0n) is 8.51. The lowest BCUT2D eigenvalue weighted by atomic mass is 10.3. The Balaban J connectivity index is 2.74. The van der Waals surface area contributed by atoms with Crippen LogP contribution in [0.15, 0.2) is 12.7 Å². The summed E-state index contributed by atoms with van der Waals surface area (Å²) in [7, 11) is 0. The van der Waals surface area contributed by atoms with Gasteiger partial charge in [-0.05, 0) is 13.8 Å². The first-order valence-corrected chi connectivity index (χ1v) is 4.58. The van der Waals surface area contributed by atoms with Gasteiger partial charge in [-0.1, -0.05) is 0 Å². The number of hydrogen-bond acceptors (Lipinski definition) is 4. The lowest BCUT2D eigenvalue weighted by Gasteiger charge is -2.06. The van der Waals surface area contributed by atoms with Crippen LogP contribution >= 0.6 is 0 Å². The highest BCUT2D eigenvalue weighted by Gasteiger charge is 2.14. The molecule has 2 heterocycles. The van der Waals surface area contributed by atoms with Crippen LogP contribution in [0.2, 0.25) is 0 Å². The Morgan fingerprint density at radius 3 is 2.73 bits per heavy atom. The number of fused-ring (bicyclic) bond motifs is 1. The summed E-state index contributed by atoms with van der Waals surface area (Å²) in [6.45, 7) is 4.01. The fraction of sp³-hybridized carbons (Fsp3) is 0.333. The highest BCUT2D eigenvalue weighted by Crippen LogP contribution is 2.16. The van der Waals surface area contributed by atoms with Gasteiger partial charge >= 0.3 is 0 Å². The van der Waals surface area contributed by atoms with Gasteiger partial charge in [-0.3, -0.25) is 4.79 Å². The molecule has 0 spiro atoms. The number of hydrogen-bond donors (Lipinski definition) is 1. The summed E-state index contributed by atoms with van der Waals surface area (Å²) in [4.78, 5) is 23.1. The van der Waals surface area contributed by atoms with Gasteiger partial charge in [-0.15, -0.1) is 0 Å². The maximum atomic E-state index is 11.1. The van der Waals surface area contributed by atoms with E-state index in [1.54, 1.807) is 6.33 Å². The Labute approximate surface area is 86.2 Å². The van der Waals surface area contributed by atoms with E-state index >= 15 is 0 Å². The van der Waals surface area contributed by atoms with Gasteiger partial charge in [0.25, 0.3) is 5.91 Å². The largest absolute Gasteiger partial charge is 0.364 e. The molecule has 0 fully saturated rings. The van der Waals surface area contributed by atoms with Crippen LogP contribution in [0.4, 0.5) is 0 Å². The van der Waals surface area contributed by atoms with Crippen molar-refractivity contribution >= 4 is 17.1 Å². The molecule has 0 atom stereocenters. The molecule has 78 valence electrons. The molecule has 2 aromatic heterocycles. The predicted molar refractivity (Wildman–Crippen MR) is 54.2 cm³/mol. The molecule has 1 amide bonds. The maximum absolute atomic E-state index is 11.1. The van der Waals surface area contributed by atoms with Gasteiger partial charge in [0.2, 0.25) is 0 Å². The molecule has 0 aliphatic rings. The van der Waals surface area contributed by atoms with Gasteiger partial charge in [-0.2, -0.15) is 0 Å². The van der Waals surface area contributed by atoms with Gasteiger partial charge in [0.1, 0.15) is 11.8 Å². The quantitative estimate of drug-likeness (QED) is 0.773. The first-order valence-electron chi connectivity index (χ1n) is 4.58. The molecule has 0 aromatic carbocycles. The van der Waals surface area contributed by atoms with Crippen molar-refractivity contribution in [3.05, 3.63) is 18.3 Å². The van der Waals surface area contributed by atoms with Crippen LogP contribution in [0, 0.1) is 0 Å². The van der Waals surface area contributed by atoms with E-state index in [4.69, 9.17) is 5.73 Å². The molecule has 2 rings (SSSR count). The van der Waals surface area contributed by atoms with Crippen LogP contribution in [-0.2, 0) is 0 Å². The van der Waals surface area contributed by atoms with Crippen LogP contribution in [0.5, 0.6) is 0 Å². The number of aromatic nitrogens is 4. The fourth-order valence-electron chi connectivity index (χ4n) is 1.41. The summed E-state index contributed by atoms with van der Waals surface area (Å²) >= 11 is 0. The van der Waals surface area contributed by atoms with Gasteiger partial charge in [0.05, 0.1) is 6.33 Å². The number of amides is 1. The average Bonchev–Trinajstić information content (AvgIpc) is 2.59. The standard InChI is InChI=1S/C9H11N5O/c1-5(2)14-4-13-7-6(8(10)15)11-3-12-9(7)14/h3-5H,1-2H3,(H2,10,15). The van der Waals surface area contributed by atoms with E-state index in [2.05, 4.69) is 15.0 Å². The van der Waals surface area contributed by atoms with Crippen molar-refractivity contribution < 1.29 is 4.79 Å². The predicted octanol–water partition coefficient (Wildman–Crippen LogP) is 0.506. The van der Waals surface area contributed by atoms with Crippen molar-refractivity contribution in [3.63, 3.8) is 0 Å². The Morgan fingerprint density at radius 1 is 1.40 bits per heavy atom. The van der Waals surface area contributed by atoms with Crippen molar-refractivity contribution in [2.75, 3.05) is 0 Å². The number of nitrogens with two attached hydrogens (primary N) is 1. The smallest absolute Gasteiger partial charge is 0.269 e. The number of rotatable bonds is 2. The molecular formula is C9H11N5O.